The predicted molar refractivity (Wildman–Crippen MR) is 182 cm³/mol. The molecule has 0 radical (unpaired) electrons. The van der Waals surface area contributed by atoms with Crippen molar-refractivity contribution >= 4 is 32.3 Å². The summed E-state index contributed by atoms with van der Waals surface area (Å²) in [5.41, 5.74) is 9.95. The molecule has 9 rings (SSSR count). The van der Waals surface area contributed by atoms with Crippen LogP contribution in [0.2, 0.25) is 0 Å². The molecule has 0 heteroatoms. The van der Waals surface area contributed by atoms with Gasteiger partial charge in [0, 0.05) is 0 Å². The summed E-state index contributed by atoms with van der Waals surface area (Å²) in [4.78, 5) is 0. The molecule has 0 atom stereocenters. The van der Waals surface area contributed by atoms with Crippen LogP contribution in [0.15, 0.2) is 170 Å². The fraction of sp³-hybridized carbons (Fsp3) is 0.0233. The van der Waals surface area contributed by atoms with Crippen LogP contribution in [0.3, 0.4) is 0 Å². The molecule has 0 aromatic heterocycles. The van der Waals surface area contributed by atoms with Crippen LogP contribution in [-0.4, -0.2) is 0 Å². The van der Waals surface area contributed by atoms with Crippen molar-refractivity contribution in [1.82, 2.24) is 0 Å². The van der Waals surface area contributed by atoms with Crippen LogP contribution in [0.4, 0.5) is 0 Å². The summed E-state index contributed by atoms with van der Waals surface area (Å²) in [6.45, 7) is 0. The van der Waals surface area contributed by atoms with Crippen molar-refractivity contribution in [1.29, 1.82) is 0 Å². The minimum absolute atomic E-state index is 0.482. The summed E-state index contributed by atoms with van der Waals surface area (Å²) in [6, 6.07) is 62.9. The van der Waals surface area contributed by atoms with Crippen molar-refractivity contribution in [2.45, 2.75) is 5.41 Å². The van der Waals surface area contributed by atoms with Gasteiger partial charge in [-0.05, 0) is 89.0 Å². The first-order valence-corrected chi connectivity index (χ1v) is 15.0. The van der Waals surface area contributed by atoms with Crippen LogP contribution in [0, 0.1) is 0 Å². The van der Waals surface area contributed by atoms with Crippen molar-refractivity contribution in [3.05, 3.63) is 192 Å². The van der Waals surface area contributed by atoms with Crippen LogP contribution in [-0.2, 0) is 5.41 Å². The van der Waals surface area contributed by atoms with Crippen LogP contribution in [0.25, 0.3) is 54.6 Å². The van der Waals surface area contributed by atoms with Gasteiger partial charge in [-0.25, -0.2) is 0 Å². The average Bonchev–Trinajstić information content (AvgIpc) is 3.40. The van der Waals surface area contributed by atoms with Gasteiger partial charge >= 0.3 is 0 Å². The molecule has 0 amide bonds. The summed E-state index contributed by atoms with van der Waals surface area (Å²) >= 11 is 0. The van der Waals surface area contributed by atoms with Gasteiger partial charge in [0.1, 0.15) is 0 Å². The Labute approximate surface area is 251 Å². The highest BCUT2D eigenvalue weighted by atomic mass is 14.5. The van der Waals surface area contributed by atoms with Gasteiger partial charge in [0.15, 0.2) is 0 Å². The fourth-order valence-corrected chi connectivity index (χ4v) is 7.71. The smallest absolute Gasteiger partial charge is 0.0622 e. The van der Waals surface area contributed by atoms with Gasteiger partial charge < -0.3 is 0 Å². The van der Waals surface area contributed by atoms with Gasteiger partial charge in [-0.3, -0.25) is 0 Å². The minimum Gasteiger partial charge on any atom is -0.0622 e. The predicted octanol–water partition coefficient (Wildman–Crippen LogP) is 11.2. The molecule has 0 aliphatic heterocycles. The first-order chi connectivity index (χ1) is 21.3. The Balaban J connectivity index is 1.47. The second-order valence-electron chi connectivity index (χ2n) is 11.6. The number of rotatable bonds is 3. The maximum Gasteiger partial charge on any atom is 0.0720 e. The van der Waals surface area contributed by atoms with E-state index in [0.717, 1.165) is 0 Å². The second kappa shape index (κ2) is 9.28. The quantitative estimate of drug-likeness (QED) is 0.194. The molecular formula is C43H28. The highest BCUT2D eigenvalue weighted by Crippen LogP contribution is 2.60. The third-order valence-corrected chi connectivity index (χ3v) is 9.50. The first kappa shape index (κ1) is 24.2. The molecule has 1 aliphatic rings. The third kappa shape index (κ3) is 3.38. The summed E-state index contributed by atoms with van der Waals surface area (Å²) in [7, 11) is 0. The Bertz CT molecular complexity index is 2290. The molecule has 8 aromatic rings. The molecular weight excluding hydrogens is 516 g/mol. The van der Waals surface area contributed by atoms with Crippen molar-refractivity contribution in [2.24, 2.45) is 0 Å². The molecule has 0 spiro atoms. The lowest BCUT2D eigenvalue weighted by molar-refractivity contribution is 0.776. The summed E-state index contributed by atoms with van der Waals surface area (Å²) in [6.07, 6.45) is 0. The zero-order valence-corrected chi connectivity index (χ0v) is 23.7. The molecule has 0 saturated carbocycles. The molecule has 200 valence electrons. The average molecular weight is 545 g/mol. The molecule has 1 aliphatic carbocycles. The summed E-state index contributed by atoms with van der Waals surface area (Å²) in [5.74, 6) is 0. The number of hydrogen-bond donors (Lipinski definition) is 0. The van der Waals surface area contributed by atoms with E-state index >= 15 is 0 Å². The SMILES string of the molecule is c1ccc(C2(c3ccccc3)c3cc(-c4ccc5ccccc5c4)ccc3-c3c2c2ccccc2c2ccccc32)cc1. The van der Waals surface area contributed by atoms with E-state index in [1.165, 1.54) is 76.8 Å². The van der Waals surface area contributed by atoms with Crippen LogP contribution in [0.5, 0.6) is 0 Å². The first-order valence-electron chi connectivity index (χ1n) is 15.0. The minimum atomic E-state index is -0.482. The lowest BCUT2D eigenvalue weighted by atomic mass is 9.66. The van der Waals surface area contributed by atoms with Gasteiger partial charge in [-0.2, -0.15) is 0 Å². The van der Waals surface area contributed by atoms with E-state index in [-0.39, 0.29) is 0 Å². The molecule has 0 saturated heterocycles. The molecule has 0 bridgehead atoms. The number of benzene rings is 8. The fourth-order valence-electron chi connectivity index (χ4n) is 7.71. The van der Waals surface area contributed by atoms with Gasteiger partial charge in [-0.15, -0.1) is 0 Å². The van der Waals surface area contributed by atoms with E-state index in [9.17, 15) is 0 Å². The Morgan fingerprint density at radius 1 is 0.349 bits per heavy atom. The van der Waals surface area contributed by atoms with Gasteiger partial charge in [0.05, 0.1) is 5.41 Å². The summed E-state index contributed by atoms with van der Waals surface area (Å²) in [5, 5.41) is 7.75. The van der Waals surface area contributed by atoms with E-state index in [0.29, 0.717) is 0 Å². The Kier molecular flexibility index (Phi) is 5.21. The van der Waals surface area contributed by atoms with Crippen LogP contribution in [0.1, 0.15) is 22.3 Å². The zero-order valence-electron chi connectivity index (χ0n) is 23.7. The highest BCUT2D eigenvalue weighted by molar-refractivity contribution is 6.19. The van der Waals surface area contributed by atoms with Crippen molar-refractivity contribution < 1.29 is 0 Å². The third-order valence-electron chi connectivity index (χ3n) is 9.50. The molecule has 0 fully saturated rings. The van der Waals surface area contributed by atoms with Crippen molar-refractivity contribution in [3.8, 4) is 22.3 Å². The molecule has 0 heterocycles. The van der Waals surface area contributed by atoms with E-state index < -0.39 is 5.41 Å². The second-order valence-corrected chi connectivity index (χ2v) is 11.6. The van der Waals surface area contributed by atoms with E-state index in [1.54, 1.807) is 0 Å². The molecule has 43 heavy (non-hydrogen) atoms. The largest absolute Gasteiger partial charge is 0.0720 e. The van der Waals surface area contributed by atoms with Crippen molar-refractivity contribution in [2.75, 3.05) is 0 Å². The van der Waals surface area contributed by atoms with Crippen molar-refractivity contribution in [3.63, 3.8) is 0 Å². The molecule has 0 unspecified atom stereocenters. The van der Waals surface area contributed by atoms with E-state index in [2.05, 4.69) is 170 Å². The molecule has 0 N–H and O–H groups in total. The van der Waals surface area contributed by atoms with Crippen LogP contribution >= 0.6 is 0 Å². The van der Waals surface area contributed by atoms with E-state index in [4.69, 9.17) is 0 Å². The highest BCUT2D eigenvalue weighted by Gasteiger charge is 2.48. The Morgan fingerprint density at radius 3 is 1.56 bits per heavy atom. The normalized spacial score (nSPS) is 13.3. The zero-order chi connectivity index (χ0) is 28.4. The summed E-state index contributed by atoms with van der Waals surface area (Å²) < 4.78 is 0. The molecule has 0 nitrogen and oxygen atoms in total. The van der Waals surface area contributed by atoms with Gasteiger partial charge in [0.2, 0.25) is 0 Å². The number of fused-ring (bicyclic) bond motifs is 9. The standard InChI is InChI=1S/C43H28/c1-3-15-33(16-4-1)43(34-17-5-2-6-18-34)40-28-32(31-24-23-29-13-7-8-14-30(29)27-31)25-26-39(40)41-37-21-11-9-19-35(37)36-20-10-12-22-38(36)42(41)43/h1-28H. The van der Waals surface area contributed by atoms with E-state index in [1.807, 2.05) is 0 Å². The monoisotopic (exact) mass is 544 g/mol. The Hall–Kier alpha value is -5.46. The van der Waals surface area contributed by atoms with Gasteiger partial charge in [-0.1, -0.05) is 158 Å². The van der Waals surface area contributed by atoms with Crippen LogP contribution < -0.4 is 0 Å². The van der Waals surface area contributed by atoms with Gasteiger partial charge in [0.25, 0.3) is 0 Å². The maximum absolute atomic E-state index is 2.48. The maximum atomic E-state index is 2.48. The molecule has 8 aromatic carbocycles. The lowest BCUT2D eigenvalue weighted by Crippen LogP contribution is -2.29. The lowest BCUT2D eigenvalue weighted by Gasteiger charge is -2.35. The Morgan fingerprint density at radius 2 is 0.860 bits per heavy atom. The topological polar surface area (TPSA) is 0 Å². The number of hydrogen-bond acceptors (Lipinski definition) is 0.